The molecule has 0 saturated carbocycles. The number of imidazole rings is 1. The van der Waals surface area contributed by atoms with Crippen LogP contribution in [0.2, 0.25) is 0 Å². The van der Waals surface area contributed by atoms with Gasteiger partial charge in [0.05, 0.1) is 18.1 Å². The van der Waals surface area contributed by atoms with Crippen molar-refractivity contribution in [1.29, 1.82) is 0 Å². The zero-order chi connectivity index (χ0) is 10.8. The molecule has 0 atom stereocenters. The average molecular weight is 271 g/mol. The maximum Gasteiger partial charge on any atom is 0.326 e. The van der Waals surface area contributed by atoms with Crippen molar-refractivity contribution < 1.29 is 4.74 Å². The number of aryl methyl sites for hydroxylation is 1. The van der Waals surface area contributed by atoms with E-state index in [1.165, 1.54) is 0 Å². The molecule has 0 fully saturated rings. The number of rotatable bonds is 3. The van der Waals surface area contributed by atoms with E-state index in [9.17, 15) is 4.79 Å². The summed E-state index contributed by atoms with van der Waals surface area (Å²) in [5, 5.41) is 0.747. The van der Waals surface area contributed by atoms with E-state index in [1.807, 2.05) is 18.2 Å². The Bertz CT molecular complexity index is 530. The summed E-state index contributed by atoms with van der Waals surface area (Å²) in [5.74, 6) is 0.754. The molecule has 1 heterocycles. The highest BCUT2D eigenvalue weighted by atomic mass is 79.9. The fraction of sp³-hybridized carbons (Fsp3) is 0.300. The van der Waals surface area contributed by atoms with Gasteiger partial charge in [0.2, 0.25) is 0 Å². The molecule has 1 aromatic heterocycles. The standard InChI is InChI=1S/C10H11BrN2O2/c1-15-7-2-3-8-9(6-7)13(5-4-11)10(14)12-8/h2-3,6H,4-5H2,1H3,(H,12,14). The predicted octanol–water partition coefficient (Wildman–Crippen LogP) is 1.73. The zero-order valence-corrected chi connectivity index (χ0v) is 9.87. The van der Waals surface area contributed by atoms with Crippen LogP contribution in [-0.2, 0) is 6.54 Å². The number of benzene rings is 1. The molecule has 0 unspecified atom stereocenters. The van der Waals surface area contributed by atoms with Gasteiger partial charge in [0.1, 0.15) is 5.75 Å². The van der Waals surface area contributed by atoms with Gasteiger partial charge in [-0.2, -0.15) is 0 Å². The van der Waals surface area contributed by atoms with E-state index in [-0.39, 0.29) is 5.69 Å². The van der Waals surface area contributed by atoms with Gasteiger partial charge in [-0.05, 0) is 12.1 Å². The van der Waals surface area contributed by atoms with Crippen molar-refractivity contribution in [3.05, 3.63) is 28.7 Å². The van der Waals surface area contributed by atoms with Crippen molar-refractivity contribution in [3.8, 4) is 5.75 Å². The summed E-state index contributed by atoms with van der Waals surface area (Å²) in [5.41, 5.74) is 1.62. The number of hydrogen-bond acceptors (Lipinski definition) is 2. The number of aromatic amines is 1. The number of H-pyrrole nitrogens is 1. The third kappa shape index (κ3) is 1.79. The summed E-state index contributed by atoms with van der Waals surface area (Å²) >= 11 is 3.32. The minimum Gasteiger partial charge on any atom is -0.497 e. The number of fused-ring (bicyclic) bond motifs is 1. The van der Waals surface area contributed by atoms with Gasteiger partial charge < -0.3 is 9.72 Å². The average Bonchev–Trinajstić information content (AvgIpc) is 2.55. The second kappa shape index (κ2) is 4.10. The van der Waals surface area contributed by atoms with Crippen molar-refractivity contribution in [2.75, 3.05) is 12.4 Å². The first kappa shape index (κ1) is 10.3. The highest BCUT2D eigenvalue weighted by Gasteiger charge is 2.06. The summed E-state index contributed by atoms with van der Waals surface area (Å²) < 4.78 is 6.81. The van der Waals surface area contributed by atoms with Gasteiger partial charge in [-0.15, -0.1) is 0 Å². The van der Waals surface area contributed by atoms with Gasteiger partial charge in [-0.25, -0.2) is 4.79 Å². The monoisotopic (exact) mass is 270 g/mol. The highest BCUT2D eigenvalue weighted by Crippen LogP contribution is 2.18. The van der Waals surface area contributed by atoms with Crippen LogP contribution >= 0.6 is 15.9 Å². The van der Waals surface area contributed by atoms with Crippen LogP contribution in [0, 0.1) is 0 Å². The lowest BCUT2D eigenvalue weighted by molar-refractivity contribution is 0.415. The Balaban J connectivity index is 2.66. The Morgan fingerprint density at radius 3 is 3.00 bits per heavy atom. The Labute approximate surface area is 95.0 Å². The number of halogens is 1. The maximum atomic E-state index is 11.6. The fourth-order valence-electron chi connectivity index (χ4n) is 1.57. The number of aromatic nitrogens is 2. The van der Waals surface area contributed by atoms with Crippen molar-refractivity contribution in [3.63, 3.8) is 0 Å². The molecule has 1 N–H and O–H groups in total. The van der Waals surface area contributed by atoms with Crippen LogP contribution in [0.4, 0.5) is 0 Å². The molecule has 15 heavy (non-hydrogen) atoms. The third-order valence-corrected chi connectivity index (χ3v) is 2.65. The molecule has 0 aliphatic carbocycles. The SMILES string of the molecule is COc1ccc2[nH]c(=O)n(CCBr)c2c1. The lowest BCUT2D eigenvalue weighted by Crippen LogP contribution is -2.17. The van der Waals surface area contributed by atoms with Gasteiger partial charge in [0, 0.05) is 17.9 Å². The van der Waals surface area contributed by atoms with Crippen LogP contribution in [0.5, 0.6) is 5.75 Å². The predicted molar refractivity (Wildman–Crippen MR) is 62.9 cm³/mol. The van der Waals surface area contributed by atoms with E-state index in [1.54, 1.807) is 11.7 Å². The minimum absolute atomic E-state index is 0.0855. The molecule has 0 radical (unpaired) electrons. The molecule has 80 valence electrons. The van der Waals surface area contributed by atoms with Crippen LogP contribution in [0.25, 0.3) is 11.0 Å². The smallest absolute Gasteiger partial charge is 0.326 e. The molecular formula is C10H11BrN2O2. The van der Waals surface area contributed by atoms with E-state index >= 15 is 0 Å². The Morgan fingerprint density at radius 2 is 2.33 bits per heavy atom. The van der Waals surface area contributed by atoms with E-state index < -0.39 is 0 Å². The van der Waals surface area contributed by atoms with Gasteiger partial charge in [0.25, 0.3) is 0 Å². The number of methoxy groups -OCH3 is 1. The summed E-state index contributed by atoms with van der Waals surface area (Å²) in [6, 6.07) is 5.53. The summed E-state index contributed by atoms with van der Waals surface area (Å²) in [7, 11) is 1.61. The minimum atomic E-state index is -0.0855. The van der Waals surface area contributed by atoms with Crippen LogP contribution < -0.4 is 10.4 Å². The van der Waals surface area contributed by atoms with Crippen LogP contribution in [0.1, 0.15) is 0 Å². The first-order valence-electron chi connectivity index (χ1n) is 4.59. The Hall–Kier alpha value is -1.23. The zero-order valence-electron chi connectivity index (χ0n) is 8.29. The molecule has 0 amide bonds. The second-order valence-corrected chi connectivity index (χ2v) is 3.95. The van der Waals surface area contributed by atoms with Crippen molar-refractivity contribution in [2.24, 2.45) is 0 Å². The van der Waals surface area contributed by atoms with Crippen LogP contribution in [0.3, 0.4) is 0 Å². The van der Waals surface area contributed by atoms with E-state index in [0.717, 1.165) is 22.1 Å². The van der Waals surface area contributed by atoms with Gasteiger partial charge in [0.15, 0.2) is 0 Å². The number of nitrogens with one attached hydrogen (secondary N) is 1. The molecule has 4 nitrogen and oxygen atoms in total. The lowest BCUT2D eigenvalue weighted by Gasteiger charge is -2.02. The number of alkyl halides is 1. The van der Waals surface area contributed by atoms with E-state index in [2.05, 4.69) is 20.9 Å². The third-order valence-electron chi connectivity index (χ3n) is 2.29. The molecule has 0 bridgehead atoms. The first-order valence-corrected chi connectivity index (χ1v) is 5.71. The van der Waals surface area contributed by atoms with Crippen LogP contribution in [0.15, 0.2) is 23.0 Å². The quantitative estimate of drug-likeness (QED) is 0.864. The molecule has 0 saturated heterocycles. The fourth-order valence-corrected chi connectivity index (χ4v) is 1.92. The molecular weight excluding hydrogens is 260 g/mol. The van der Waals surface area contributed by atoms with Gasteiger partial charge in [-0.1, -0.05) is 15.9 Å². The van der Waals surface area contributed by atoms with E-state index in [0.29, 0.717) is 6.54 Å². The molecule has 2 rings (SSSR count). The largest absolute Gasteiger partial charge is 0.497 e. The molecule has 1 aromatic carbocycles. The molecule has 0 spiro atoms. The topological polar surface area (TPSA) is 47.0 Å². The highest BCUT2D eigenvalue weighted by molar-refractivity contribution is 9.09. The first-order chi connectivity index (χ1) is 7.26. The number of nitrogens with zero attached hydrogens (tertiary/aromatic N) is 1. The van der Waals surface area contributed by atoms with Crippen molar-refractivity contribution in [1.82, 2.24) is 9.55 Å². The molecule has 0 aliphatic heterocycles. The summed E-state index contributed by atoms with van der Waals surface area (Å²) in [4.78, 5) is 14.4. The normalized spacial score (nSPS) is 10.8. The lowest BCUT2D eigenvalue weighted by atomic mass is 10.3. The summed E-state index contributed by atoms with van der Waals surface area (Å²) in [6.07, 6.45) is 0. The maximum absolute atomic E-state index is 11.6. The van der Waals surface area contributed by atoms with E-state index in [4.69, 9.17) is 4.74 Å². The molecule has 0 aliphatic rings. The van der Waals surface area contributed by atoms with Crippen molar-refractivity contribution in [2.45, 2.75) is 6.54 Å². The summed E-state index contributed by atoms with van der Waals surface area (Å²) in [6.45, 7) is 0.645. The molecule has 5 heteroatoms. The van der Waals surface area contributed by atoms with Gasteiger partial charge >= 0.3 is 5.69 Å². The Morgan fingerprint density at radius 1 is 1.53 bits per heavy atom. The number of ether oxygens (including phenoxy) is 1. The second-order valence-electron chi connectivity index (χ2n) is 3.15. The van der Waals surface area contributed by atoms with Crippen molar-refractivity contribution >= 4 is 27.0 Å². The number of hydrogen-bond donors (Lipinski definition) is 1. The molecule has 2 aromatic rings. The van der Waals surface area contributed by atoms with Crippen LogP contribution in [-0.4, -0.2) is 22.0 Å². The van der Waals surface area contributed by atoms with Gasteiger partial charge in [-0.3, -0.25) is 4.57 Å². The Kier molecular flexibility index (Phi) is 2.81.